The lowest BCUT2D eigenvalue weighted by atomic mass is 10.2. The molecule has 0 unspecified atom stereocenters. The predicted molar refractivity (Wildman–Crippen MR) is 82.3 cm³/mol. The van der Waals surface area contributed by atoms with Crippen molar-refractivity contribution in [2.45, 2.75) is 46.6 Å². The number of rotatable bonds is 10. The highest BCUT2D eigenvalue weighted by Gasteiger charge is 2.04. The highest BCUT2D eigenvalue weighted by molar-refractivity contribution is 5.09. The molecule has 3 nitrogen and oxygen atoms in total. The van der Waals surface area contributed by atoms with Gasteiger partial charge in [0.25, 0.3) is 0 Å². The molecular formula is C16H29N3. The molecule has 1 N–H and O–H groups in total. The molecule has 0 aromatic carbocycles. The molecular weight excluding hydrogens is 234 g/mol. The zero-order valence-corrected chi connectivity index (χ0v) is 12.8. The average molecular weight is 263 g/mol. The molecule has 0 fully saturated rings. The van der Waals surface area contributed by atoms with E-state index >= 15 is 0 Å². The first-order valence-electron chi connectivity index (χ1n) is 7.61. The molecule has 0 radical (unpaired) electrons. The average Bonchev–Trinajstić information content (AvgIpc) is 2.41. The van der Waals surface area contributed by atoms with Crippen molar-refractivity contribution in [3.63, 3.8) is 0 Å². The first-order valence-corrected chi connectivity index (χ1v) is 7.61. The summed E-state index contributed by atoms with van der Waals surface area (Å²) in [6, 6.07) is 6.28. The smallest absolute Gasteiger partial charge is 0.0547 e. The lowest BCUT2D eigenvalue weighted by Crippen LogP contribution is -2.25. The van der Waals surface area contributed by atoms with Crippen LogP contribution in [0.25, 0.3) is 0 Å². The van der Waals surface area contributed by atoms with Gasteiger partial charge in [-0.2, -0.15) is 0 Å². The molecule has 0 bridgehead atoms. The molecule has 0 aliphatic carbocycles. The number of aromatic nitrogens is 1. The maximum Gasteiger partial charge on any atom is 0.0547 e. The second-order valence-corrected chi connectivity index (χ2v) is 5.10. The molecule has 1 rings (SSSR count). The van der Waals surface area contributed by atoms with Crippen molar-refractivity contribution in [1.29, 1.82) is 0 Å². The van der Waals surface area contributed by atoms with Gasteiger partial charge in [0, 0.05) is 12.2 Å². The quantitative estimate of drug-likeness (QED) is 0.658. The van der Waals surface area contributed by atoms with Crippen molar-refractivity contribution in [3.8, 4) is 0 Å². The van der Waals surface area contributed by atoms with Crippen LogP contribution in [0.2, 0.25) is 0 Å². The van der Waals surface area contributed by atoms with Crippen LogP contribution in [0.15, 0.2) is 18.2 Å². The van der Waals surface area contributed by atoms with Crippen LogP contribution >= 0.6 is 0 Å². The van der Waals surface area contributed by atoms with E-state index in [1.807, 2.05) is 0 Å². The molecule has 0 atom stereocenters. The zero-order chi connectivity index (χ0) is 13.9. The van der Waals surface area contributed by atoms with Crippen LogP contribution in [0.3, 0.4) is 0 Å². The van der Waals surface area contributed by atoms with Gasteiger partial charge in [-0.15, -0.1) is 0 Å². The maximum absolute atomic E-state index is 4.58. The minimum Gasteiger partial charge on any atom is -0.317 e. The van der Waals surface area contributed by atoms with Gasteiger partial charge in [-0.25, -0.2) is 0 Å². The topological polar surface area (TPSA) is 28.2 Å². The summed E-state index contributed by atoms with van der Waals surface area (Å²) in [5.41, 5.74) is 2.29. The van der Waals surface area contributed by atoms with Crippen molar-refractivity contribution in [1.82, 2.24) is 15.2 Å². The first-order chi connectivity index (χ1) is 9.26. The minimum absolute atomic E-state index is 0.973. The third kappa shape index (κ3) is 7.28. The van der Waals surface area contributed by atoms with E-state index in [0.29, 0.717) is 0 Å². The lowest BCUT2D eigenvalue weighted by Gasteiger charge is -2.20. The van der Waals surface area contributed by atoms with Gasteiger partial charge in [0.15, 0.2) is 0 Å². The molecule has 1 aromatic heterocycles. The number of pyridine rings is 1. The largest absolute Gasteiger partial charge is 0.317 e. The number of hydrogen-bond acceptors (Lipinski definition) is 3. The highest BCUT2D eigenvalue weighted by Crippen LogP contribution is 2.04. The Bertz CT molecular complexity index is 339. The first kappa shape index (κ1) is 16.1. The number of aryl methyl sites for hydroxylation is 1. The summed E-state index contributed by atoms with van der Waals surface area (Å²) in [7, 11) is 0. The number of nitrogens with zero attached hydrogens (tertiary/aromatic N) is 2. The third-order valence-electron chi connectivity index (χ3n) is 3.28. The Hall–Kier alpha value is -0.930. The van der Waals surface area contributed by atoms with E-state index in [4.69, 9.17) is 0 Å². The zero-order valence-electron chi connectivity index (χ0n) is 12.8. The fraction of sp³-hybridized carbons (Fsp3) is 0.688. The normalized spacial score (nSPS) is 11.2. The molecule has 1 aromatic rings. The van der Waals surface area contributed by atoms with Crippen molar-refractivity contribution in [2.24, 2.45) is 0 Å². The van der Waals surface area contributed by atoms with Crippen LogP contribution in [0.4, 0.5) is 0 Å². The van der Waals surface area contributed by atoms with Crippen LogP contribution in [0.5, 0.6) is 0 Å². The summed E-state index contributed by atoms with van der Waals surface area (Å²) in [6.45, 7) is 12.0. The van der Waals surface area contributed by atoms with E-state index in [9.17, 15) is 0 Å². The summed E-state index contributed by atoms with van der Waals surface area (Å²) >= 11 is 0. The van der Waals surface area contributed by atoms with Gasteiger partial charge in [0.2, 0.25) is 0 Å². The molecule has 0 amide bonds. The van der Waals surface area contributed by atoms with E-state index in [-0.39, 0.29) is 0 Å². The fourth-order valence-corrected chi connectivity index (χ4v) is 2.15. The standard InChI is InChI=1S/C16H29N3/c1-4-11-17-12-6-7-13-19(5-2)14-16-10-8-9-15(3)18-16/h8-10,17H,4-7,11-14H2,1-3H3. The Kier molecular flexibility index (Phi) is 8.43. The Balaban J connectivity index is 2.22. The minimum atomic E-state index is 0.973. The van der Waals surface area contributed by atoms with E-state index < -0.39 is 0 Å². The van der Waals surface area contributed by atoms with E-state index in [0.717, 1.165) is 31.9 Å². The molecule has 3 heteroatoms. The molecule has 0 aliphatic rings. The number of nitrogens with one attached hydrogen (secondary N) is 1. The third-order valence-corrected chi connectivity index (χ3v) is 3.28. The van der Waals surface area contributed by atoms with Gasteiger partial charge < -0.3 is 5.32 Å². The van der Waals surface area contributed by atoms with Gasteiger partial charge >= 0.3 is 0 Å². The Labute approximate surface area is 118 Å². The summed E-state index contributed by atoms with van der Waals surface area (Å²) in [5, 5.41) is 3.45. The summed E-state index contributed by atoms with van der Waals surface area (Å²) in [5.74, 6) is 0. The second kappa shape index (κ2) is 9.93. The lowest BCUT2D eigenvalue weighted by molar-refractivity contribution is 0.270. The van der Waals surface area contributed by atoms with E-state index in [1.165, 1.54) is 31.5 Å². The molecule has 0 spiro atoms. The monoisotopic (exact) mass is 263 g/mol. The van der Waals surface area contributed by atoms with Crippen LogP contribution in [-0.4, -0.2) is 36.1 Å². The van der Waals surface area contributed by atoms with Gasteiger partial charge in [-0.3, -0.25) is 9.88 Å². The molecule has 0 aliphatic heterocycles. The van der Waals surface area contributed by atoms with Crippen molar-refractivity contribution in [2.75, 3.05) is 26.2 Å². The summed E-state index contributed by atoms with van der Waals surface area (Å²) in [4.78, 5) is 7.05. The Morgan fingerprint density at radius 3 is 2.68 bits per heavy atom. The van der Waals surface area contributed by atoms with Gasteiger partial charge in [0.1, 0.15) is 0 Å². The summed E-state index contributed by atoms with van der Waals surface area (Å²) in [6.07, 6.45) is 3.74. The van der Waals surface area contributed by atoms with Crippen LogP contribution in [-0.2, 0) is 6.54 Å². The van der Waals surface area contributed by atoms with Crippen molar-refractivity contribution >= 4 is 0 Å². The second-order valence-electron chi connectivity index (χ2n) is 5.10. The summed E-state index contributed by atoms with van der Waals surface area (Å²) < 4.78 is 0. The molecule has 108 valence electrons. The van der Waals surface area contributed by atoms with Gasteiger partial charge in [-0.05, 0) is 64.5 Å². The van der Waals surface area contributed by atoms with Gasteiger partial charge in [-0.1, -0.05) is 19.9 Å². The van der Waals surface area contributed by atoms with Crippen LogP contribution in [0, 0.1) is 6.92 Å². The number of unbranched alkanes of at least 4 members (excludes halogenated alkanes) is 1. The highest BCUT2D eigenvalue weighted by atomic mass is 15.1. The fourth-order valence-electron chi connectivity index (χ4n) is 2.15. The van der Waals surface area contributed by atoms with Crippen molar-refractivity contribution in [3.05, 3.63) is 29.6 Å². The van der Waals surface area contributed by atoms with Crippen LogP contribution in [0.1, 0.15) is 44.5 Å². The van der Waals surface area contributed by atoms with E-state index in [1.54, 1.807) is 0 Å². The van der Waals surface area contributed by atoms with Gasteiger partial charge in [0.05, 0.1) is 5.69 Å². The predicted octanol–water partition coefficient (Wildman–Crippen LogP) is 2.99. The Morgan fingerprint density at radius 2 is 2.00 bits per heavy atom. The molecule has 0 saturated heterocycles. The molecule has 0 saturated carbocycles. The van der Waals surface area contributed by atoms with E-state index in [2.05, 4.69) is 54.2 Å². The molecule has 1 heterocycles. The Morgan fingerprint density at radius 1 is 1.16 bits per heavy atom. The van der Waals surface area contributed by atoms with Crippen molar-refractivity contribution < 1.29 is 0 Å². The van der Waals surface area contributed by atoms with Crippen LogP contribution < -0.4 is 5.32 Å². The maximum atomic E-state index is 4.58. The molecule has 19 heavy (non-hydrogen) atoms. The number of hydrogen-bond donors (Lipinski definition) is 1. The SMILES string of the molecule is CCCNCCCCN(CC)Cc1cccc(C)n1.